The van der Waals surface area contributed by atoms with Crippen LogP contribution < -0.4 is 4.80 Å². The highest BCUT2D eigenvalue weighted by Crippen LogP contribution is 2.24. The average Bonchev–Trinajstić information content (AvgIpc) is 3.06. The summed E-state index contributed by atoms with van der Waals surface area (Å²) < 4.78 is 3.37. The molecule has 2 nitrogen and oxygen atoms in total. The zero-order valence-corrected chi connectivity index (χ0v) is 16.5. The van der Waals surface area contributed by atoms with Crippen LogP contribution in [-0.4, -0.2) is 4.57 Å². The highest BCUT2D eigenvalue weighted by atomic mass is 79.9. The summed E-state index contributed by atoms with van der Waals surface area (Å²) in [6.07, 6.45) is 0. The number of hydrogen-bond donors (Lipinski definition) is 0. The van der Waals surface area contributed by atoms with Crippen LogP contribution in [0, 0.1) is 0 Å². The topological polar surface area (TPSA) is 17.3 Å². The zero-order valence-electron chi connectivity index (χ0n) is 14.0. The van der Waals surface area contributed by atoms with Gasteiger partial charge < -0.3 is 4.57 Å². The third-order valence-corrected chi connectivity index (χ3v) is 5.49. The smallest absolute Gasteiger partial charge is 0.190 e. The van der Waals surface area contributed by atoms with E-state index in [1.807, 2.05) is 36.4 Å². The lowest BCUT2D eigenvalue weighted by Gasteiger charge is -2.10. The van der Waals surface area contributed by atoms with E-state index in [0.29, 0.717) is 0 Å². The number of halogens is 1. The van der Waals surface area contributed by atoms with Gasteiger partial charge in [-0.15, -0.1) is 11.3 Å². The molecular formula is C22H17BrN2S. The number of nitrogens with zero attached hydrogens (tertiary/aromatic N) is 2. The lowest BCUT2D eigenvalue weighted by atomic mass is 10.1. The van der Waals surface area contributed by atoms with Gasteiger partial charge in [0.1, 0.15) is 0 Å². The Morgan fingerprint density at radius 1 is 0.808 bits per heavy atom. The van der Waals surface area contributed by atoms with Crippen LogP contribution in [0.25, 0.3) is 11.3 Å². The van der Waals surface area contributed by atoms with Gasteiger partial charge in [-0.25, -0.2) is 4.99 Å². The normalized spacial score (nSPS) is 11.7. The van der Waals surface area contributed by atoms with Crippen molar-refractivity contribution in [2.45, 2.75) is 6.54 Å². The van der Waals surface area contributed by atoms with Crippen molar-refractivity contribution in [3.05, 3.63) is 105 Å². The summed E-state index contributed by atoms with van der Waals surface area (Å²) in [5, 5.41) is 2.19. The Hall–Kier alpha value is -2.43. The van der Waals surface area contributed by atoms with Crippen molar-refractivity contribution in [2.24, 2.45) is 4.99 Å². The molecule has 0 saturated heterocycles. The first-order valence-electron chi connectivity index (χ1n) is 8.37. The number of hydrogen-bond acceptors (Lipinski definition) is 2. The Kier molecular flexibility index (Phi) is 5.14. The first-order chi connectivity index (χ1) is 12.8. The van der Waals surface area contributed by atoms with Crippen LogP contribution >= 0.6 is 27.3 Å². The van der Waals surface area contributed by atoms with Gasteiger partial charge in [0.2, 0.25) is 0 Å². The molecule has 0 bridgehead atoms. The van der Waals surface area contributed by atoms with E-state index in [2.05, 4.69) is 74.4 Å². The maximum Gasteiger partial charge on any atom is 0.190 e. The van der Waals surface area contributed by atoms with E-state index in [-0.39, 0.29) is 0 Å². The first kappa shape index (κ1) is 17.0. The molecule has 0 aliphatic carbocycles. The van der Waals surface area contributed by atoms with Crippen LogP contribution in [0.5, 0.6) is 0 Å². The Morgan fingerprint density at radius 2 is 1.46 bits per heavy atom. The van der Waals surface area contributed by atoms with Crippen molar-refractivity contribution in [3.8, 4) is 11.3 Å². The summed E-state index contributed by atoms with van der Waals surface area (Å²) in [7, 11) is 0. The van der Waals surface area contributed by atoms with Gasteiger partial charge in [0, 0.05) is 9.85 Å². The summed E-state index contributed by atoms with van der Waals surface area (Å²) in [6.45, 7) is 0.793. The predicted molar refractivity (Wildman–Crippen MR) is 113 cm³/mol. The number of aromatic nitrogens is 1. The Bertz CT molecular complexity index is 1050. The van der Waals surface area contributed by atoms with Crippen LogP contribution in [0.1, 0.15) is 5.56 Å². The second-order valence-corrected chi connectivity index (χ2v) is 7.68. The molecule has 1 heterocycles. The van der Waals surface area contributed by atoms with Crippen molar-refractivity contribution in [1.29, 1.82) is 0 Å². The van der Waals surface area contributed by atoms with Crippen LogP contribution in [0.4, 0.5) is 5.69 Å². The minimum atomic E-state index is 0.793. The van der Waals surface area contributed by atoms with Crippen molar-refractivity contribution >= 4 is 33.0 Å². The molecule has 0 aliphatic rings. The largest absolute Gasteiger partial charge is 0.312 e. The molecule has 0 spiro atoms. The lowest BCUT2D eigenvalue weighted by Crippen LogP contribution is -2.16. The fraction of sp³-hybridized carbons (Fsp3) is 0.0455. The summed E-state index contributed by atoms with van der Waals surface area (Å²) in [6, 6.07) is 29.1. The number of thiazole rings is 1. The molecule has 1 aromatic heterocycles. The van der Waals surface area contributed by atoms with Gasteiger partial charge in [-0.2, -0.15) is 0 Å². The van der Waals surface area contributed by atoms with E-state index in [1.54, 1.807) is 11.3 Å². The van der Waals surface area contributed by atoms with Gasteiger partial charge >= 0.3 is 0 Å². The van der Waals surface area contributed by atoms with E-state index < -0.39 is 0 Å². The number of rotatable bonds is 4. The minimum Gasteiger partial charge on any atom is -0.312 e. The van der Waals surface area contributed by atoms with Gasteiger partial charge in [0.05, 0.1) is 17.9 Å². The SMILES string of the molecule is Brc1ccc(-c2csc(=Nc3ccccc3)n2Cc2ccccc2)cc1. The Balaban J connectivity index is 1.84. The molecule has 128 valence electrons. The number of benzene rings is 3. The Morgan fingerprint density at radius 3 is 2.15 bits per heavy atom. The third-order valence-electron chi connectivity index (χ3n) is 4.10. The van der Waals surface area contributed by atoms with Gasteiger partial charge in [0.15, 0.2) is 4.80 Å². The maximum atomic E-state index is 4.87. The van der Waals surface area contributed by atoms with Gasteiger partial charge in [-0.05, 0) is 35.4 Å². The zero-order chi connectivity index (χ0) is 17.8. The Labute approximate surface area is 165 Å². The van der Waals surface area contributed by atoms with E-state index in [9.17, 15) is 0 Å². The molecule has 0 aliphatic heterocycles. The van der Waals surface area contributed by atoms with Crippen LogP contribution in [0.2, 0.25) is 0 Å². The maximum absolute atomic E-state index is 4.87. The number of para-hydroxylation sites is 1. The lowest BCUT2D eigenvalue weighted by molar-refractivity contribution is 0.778. The van der Waals surface area contributed by atoms with E-state index in [1.165, 1.54) is 16.8 Å². The molecule has 0 fully saturated rings. The predicted octanol–water partition coefficient (Wildman–Crippen LogP) is 6.26. The van der Waals surface area contributed by atoms with Crippen molar-refractivity contribution in [2.75, 3.05) is 0 Å². The standard InChI is InChI=1S/C22H17BrN2S/c23-19-13-11-18(12-14-19)21-16-26-22(24-20-9-5-2-6-10-20)25(21)15-17-7-3-1-4-8-17/h1-14,16H,15H2. The van der Waals surface area contributed by atoms with E-state index in [4.69, 9.17) is 4.99 Å². The molecule has 0 radical (unpaired) electrons. The van der Waals surface area contributed by atoms with Crippen molar-refractivity contribution < 1.29 is 0 Å². The molecule has 4 aromatic rings. The molecule has 3 aromatic carbocycles. The second kappa shape index (κ2) is 7.85. The molecule has 0 N–H and O–H groups in total. The highest BCUT2D eigenvalue weighted by molar-refractivity contribution is 9.10. The minimum absolute atomic E-state index is 0.793. The third kappa shape index (κ3) is 3.87. The monoisotopic (exact) mass is 420 g/mol. The van der Waals surface area contributed by atoms with Crippen molar-refractivity contribution in [1.82, 2.24) is 4.57 Å². The fourth-order valence-corrected chi connectivity index (χ4v) is 3.99. The fourth-order valence-electron chi connectivity index (χ4n) is 2.80. The molecule has 0 amide bonds. The van der Waals surface area contributed by atoms with E-state index in [0.717, 1.165) is 21.5 Å². The average molecular weight is 421 g/mol. The summed E-state index contributed by atoms with van der Waals surface area (Å²) >= 11 is 5.19. The van der Waals surface area contributed by atoms with E-state index >= 15 is 0 Å². The highest BCUT2D eigenvalue weighted by Gasteiger charge is 2.09. The quantitative estimate of drug-likeness (QED) is 0.370. The summed E-state index contributed by atoms with van der Waals surface area (Å²) in [5.74, 6) is 0. The summed E-state index contributed by atoms with van der Waals surface area (Å²) in [4.78, 5) is 5.87. The van der Waals surface area contributed by atoms with Gasteiger partial charge in [-0.1, -0.05) is 76.6 Å². The van der Waals surface area contributed by atoms with Crippen LogP contribution in [-0.2, 0) is 6.54 Å². The molecule has 0 saturated carbocycles. The molecular weight excluding hydrogens is 404 g/mol. The van der Waals surface area contributed by atoms with Gasteiger partial charge in [-0.3, -0.25) is 0 Å². The molecule has 26 heavy (non-hydrogen) atoms. The first-order valence-corrected chi connectivity index (χ1v) is 10.0. The molecule has 4 heteroatoms. The van der Waals surface area contributed by atoms with Crippen LogP contribution in [0.15, 0.2) is 99.8 Å². The van der Waals surface area contributed by atoms with Crippen molar-refractivity contribution in [3.63, 3.8) is 0 Å². The van der Waals surface area contributed by atoms with Gasteiger partial charge in [0.25, 0.3) is 0 Å². The summed E-state index contributed by atoms with van der Waals surface area (Å²) in [5.41, 5.74) is 4.60. The molecule has 0 atom stereocenters. The molecule has 4 rings (SSSR count). The second-order valence-electron chi connectivity index (χ2n) is 5.93. The molecule has 0 unspecified atom stereocenters. The van der Waals surface area contributed by atoms with Crippen LogP contribution in [0.3, 0.4) is 0 Å².